The van der Waals surface area contributed by atoms with Gasteiger partial charge in [-0.15, -0.1) is 0 Å². The summed E-state index contributed by atoms with van der Waals surface area (Å²) in [4.78, 5) is 40.1. The smallest absolute Gasteiger partial charge is 0.408 e. The van der Waals surface area contributed by atoms with Gasteiger partial charge in [0.25, 0.3) is 0 Å². The van der Waals surface area contributed by atoms with E-state index in [2.05, 4.69) is 29.6 Å². The van der Waals surface area contributed by atoms with Crippen LogP contribution in [0.4, 0.5) is 4.79 Å². The predicted molar refractivity (Wildman–Crippen MR) is 129 cm³/mol. The van der Waals surface area contributed by atoms with Crippen LogP contribution < -0.4 is 5.32 Å². The van der Waals surface area contributed by atoms with Gasteiger partial charge in [0.05, 0.1) is 5.41 Å². The Kier molecular flexibility index (Phi) is 5.13. The molecule has 2 amide bonds. The van der Waals surface area contributed by atoms with E-state index < -0.39 is 23.0 Å². The Bertz CT molecular complexity index is 1160. The fourth-order valence-corrected chi connectivity index (χ4v) is 6.65. The number of hydrogen-bond acceptors (Lipinski definition) is 4. The summed E-state index contributed by atoms with van der Waals surface area (Å²) < 4.78 is 5.75. The number of piperidine rings is 1. The number of carbonyl (C=O) groups is 3. The molecule has 182 valence electrons. The van der Waals surface area contributed by atoms with Gasteiger partial charge in [-0.25, -0.2) is 4.79 Å². The Morgan fingerprint density at radius 1 is 0.971 bits per heavy atom. The highest BCUT2D eigenvalue weighted by Crippen LogP contribution is 2.58. The molecule has 0 spiro atoms. The largest absolute Gasteiger partial charge is 0.481 e. The maximum Gasteiger partial charge on any atom is 0.408 e. The number of nitrogens with one attached hydrogen (secondary N) is 1. The molecule has 7 nitrogen and oxygen atoms in total. The van der Waals surface area contributed by atoms with Gasteiger partial charge in [0.1, 0.15) is 12.1 Å². The molecule has 2 N–H and O–H groups in total. The molecule has 35 heavy (non-hydrogen) atoms. The topological polar surface area (TPSA) is 95.9 Å². The Labute approximate surface area is 204 Å². The van der Waals surface area contributed by atoms with Gasteiger partial charge in [0.2, 0.25) is 5.91 Å². The molecule has 0 radical (unpaired) electrons. The molecule has 6 rings (SSSR count). The van der Waals surface area contributed by atoms with Crippen LogP contribution in [0.3, 0.4) is 0 Å². The highest BCUT2D eigenvalue weighted by molar-refractivity contribution is 5.92. The van der Waals surface area contributed by atoms with Crippen LogP contribution in [-0.4, -0.2) is 53.2 Å². The van der Waals surface area contributed by atoms with Crippen LogP contribution in [0.5, 0.6) is 0 Å². The number of alkyl carbamates (subject to hydrolysis) is 1. The molecular formula is C28H30N2O5. The number of likely N-dealkylation sites (tertiary alicyclic amines) is 1. The van der Waals surface area contributed by atoms with Crippen LogP contribution in [0.2, 0.25) is 0 Å². The van der Waals surface area contributed by atoms with Crippen molar-refractivity contribution in [3.8, 4) is 11.1 Å². The number of aliphatic carboxylic acids is 1. The van der Waals surface area contributed by atoms with E-state index in [-0.39, 0.29) is 30.9 Å². The summed E-state index contributed by atoms with van der Waals surface area (Å²) in [6.45, 7) is 0.886. The van der Waals surface area contributed by atoms with Crippen LogP contribution in [0, 0.1) is 11.3 Å². The third kappa shape index (κ3) is 3.51. The van der Waals surface area contributed by atoms with Gasteiger partial charge in [-0.05, 0) is 47.4 Å². The van der Waals surface area contributed by atoms with Gasteiger partial charge in [-0.3, -0.25) is 9.59 Å². The molecule has 1 saturated heterocycles. The summed E-state index contributed by atoms with van der Waals surface area (Å²) in [5, 5.41) is 12.6. The van der Waals surface area contributed by atoms with Crippen LogP contribution in [0.15, 0.2) is 48.5 Å². The lowest BCUT2D eigenvalue weighted by molar-refractivity contribution is -0.145. The quantitative estimate of drug-likeness (QED) is 0.678. The normalized spacial score (nSPS) is 25.8. The summed E-state index contributed by atoms with van der Waals surface area (Å²) in [6, 6.07) is 16.4. The van der Waals surface area contributed by atoms with Crippen molar-refractivity contribution < 1.29 is 24.2 Å². The van der Waals surface area contributed by atoms with Crippen molar-refractivity contribution in [2.75, 3.05) is 19.7 Å². The van der Waals surface area contributed by atoms with Gasteiger partial charge in [0, 0.05) is 19.0 Å². The third-order valence-electron chi connectivity index (χ3n) is 8.66. The first-order valence-electron chi connectivity index (χ1n) is 12.6. The number of carbonyl (C=O) groups excluding carboxylic acids is 2. The van der Waals surface area contributed by atoms with Crippen LogP contribution in [-0.2, 0) is 14.3 Å². The minimum absolute atomic E-state index is 0.0269. The van der Waals surface area contributed by atoms with Gasteiger partial charge in [-0.1, -0.05) is 67.8 Å². The molecule has 3 fully saturated rings. The van der Waals surface area contributed by atoms with Crippen molar-refractivity contribution in [1.29, 1.82) is 0 Å². The van der Waals surface area contributed by atoms with E-state index in [1.54, 1.807) is 4.90 Å². The number of nitrogens with zero attached hydrogens (tertiary/aromatic N) is 1. The number of ether oxygens (including phenoxy) is 1. The molecule has 3 aliphatic carbocycles. The lowest BCUT2D eigenvalue weighted by Gasteiger charge is -2.39. The second kappa shape index (κ2) is 8.11. The second-order valence-electron chi connectivity index (χ2n) is 10.6. The summed E-state index contributed by atoms with van der Waals surface area (Å²) in [6.07, 6.45) is 3.86. The number of carboxylic acids is 1. The summed E-state index contributed by atoms with van der Waals surface area (Å²) >= 11 is 0. The zero-order chi connectivity index (χ0) is 24.2. The Balaban J connectivity index is 1.16. The van der Waals surface area contributed by atoms with Crippen molar-refractivity contribution in [1.82, 2.24) is 10.2 Å². The molecule has 1 heterocycles. The van der Waals surface area contributed by atoms with E-state index >= 15 is 0 Å². The first-order valence-corrected chi connectivity index (χ1v) is 12.6. The SMILES string of the molecule is O=C(NC1(C(=O)N2CC3CC3(C(=O)O)C2)CCCCC1)OCC1c2ccccc2-c2ccccc21. The molecule has 2 unspecified atom stereocenters. The standard InChI is InChI=1S/C28H30N2O5/c31-24(30-15-18-14-27(18,17-30)25(32)33)28(12-6-1-7-13-28)29-26(34)35-16-23-21-10-4-2-8-19(21)20-9-3-5-11-22(20)23/h2-5,8-11,18,23H,1,6-7,12-17H2,(H,29,34)(H,32,33). The lowest BCUT2D eigenvalue weighted by atomic mass is 9.80. The van der Waals surface area contributed by atoms with Crippen LogP contribution >= 0.6 is 0 Å². The maximum atomic E-state index is 13.6. The molecule has 0 aromatic heterocycles. The molecule has 7 heteroatoms. The van der Waals surface area contributed by atoms with Gasteiger partial charge < -0.3 is 20.1 Å². The minimum atomic E-state index is -1.02. The molecule has 0 bridgehead atoms. The fraction of sp³-hybridized carbons (Fsp3) is 0.464. The zero-order valence-corrected chi connectivity index (χ0v) is 19.7. The first-order chi connectivity index (χ1) is 16.9. The number of fused-ring (bicyclic) bond motifs is 4. The summed E-state index contributed by atoms with van der Waals surface area (Å²) in [5.41, 5.74) is 2.81. The van der Waals surface area contributed by atoms with Crippen molar-refractivity contribution in [3.05, 3.63) is 59.7 Å². The molecular weight excluding hydrogens is 444 g/mol. The number of amides is 2. The highest BCUT2D eigenvalue weighted by Gasteiger charge is 2.67. The zero-order valence-electron chi connectivity index (χ0n) is 19.7. The predicted octanol–water partition coefficient (Wildman–Crippen LogP) is 4.16. The third-order valence-corrected chi connectivity index (χ3v) is 8.66. The first kappa shape index (κ1) is 22.1. The van der Waals surface area contributed by atoms with Crippen molar-refractivity contribution in [2.45, 2.75) is 50.0 Å². The number of rotatable bonds is 5. The van der Waals surface area contributed by atoms with E-state index in [1.165, 1.54) is 0 Å². The van der Waals surface area contributed by atoms with Gasteiger partial charge in [0.15, 0.2) is 0 Å². The molecule has 2 aromatic rings. The van der Waals surface area contributed by atoms with Crippen molar-refractivity contribution in [2.24, 2.45) is 11.3 Å². The van der Waals surface area contributed by atoms with E-state index in [0.717, 1.165) is 41.5 Å². The molecule has 2 aromatic carbocycles. The Hall–Kier alpha value is -3.35. The Morgan fingerprint density at radius 2 is 1.60 bits per heavy atom. The second-order valence-corrected chi connectivity index (χ2v) is 10.6. The fourth-order valence-electron chi connectivity index (χ4n) is 6.65. The molecule has 4 aliphatic rings. The van der Waals surface area contributed by atoms with E-state index in [9.17, 15) is 19.5 Å². The van der Waals surface area contributed by atoms with E-state index in [1.807, 2.05) is 24.3 Å². The van der Waals surface area contributed by atoms with Crippen molar-refractivity contribution in [3.63, 3.8) is 0 Å². The van der Waals surface area contributed by atoms with Gasteiger partial charge in [-0.2, -0.15) is 0 Å². The van der Waals surface area contributed by atoms with Crippen molar-refractivity contribution >= 4 is 18.0 Å². The van der Waals surface area contributed by atoms with E-state index in [4.69, 9.17) is 4.74 Å². The summed E-state index contributed by atoms with van der Waals surface area (Å²) in [5.74, 6) is -0.996. The number of carboxylic acid groups (broad SMARTS) is 1. The van der Waals surface area contributed by atoms with Crippen LogP contribution in [0.1, 0.15) is 55.6 Å². The number of benzene rings is 2. The molecule has 2 saturated carbocycles. The average Bonchev–Trinajstić information content (AvgIpc) is 3.30. The van der Waals surface area contributed by atoms with E-state index in [0.29, 0.717) is 25.8 Å². The average molecular weight is 475 g/mol. The summed E-state index contributed by atoms with van der Waals surface area (Å²) in [7, 11) is 0. The van der Waals surface area contributed by atoms with Crippen LogP contribution in [0.25, 0.3) is 11.1 Å². The lowest BCUT2D eigenvalue weighted by Crippen LogP contribution is -2.60. The molecule has 1 aliphatic heterocycles. The maximum absolute atomic E-state index is 13.6. The van der Waals surface area contributed by atoms with Gasteiger partial charge >= 0.3 is 12.1 Å². The molecule has 2 atom stereocenters. The minimum Gasteiger partial charge on any atom is -0.481 e. The monoisotopic (exact) mass is 474 g/mol. The Morgan fingerprint density at radius 3 is 2.20 bits per heavy atom. The highest BCUT2D eigenvalue weighted by atomic mass is 16.5. The number of hydrogen-bond donors (Lipinski definition) is 2.